The second-order valence-electron chi connectivity index (χ2n) is 4.69. The van der Waals surface area contributed by atoms with Crippen molar-refractivity contribution in [3.8, 4) is 0 Å². The Morgan fingerprint density at radius 2 is 2.05 bits per heavy atom. The highest BCUT2D eigenvalue weighted by atomic mass is 35.5. The minimum absolute atomic E-state index is 0. The first-order valence-electron chi connectivity index (χ1n) is 5.99. The van der Waals surface area contributed by atoms with Crippen molar-refractivity contribution in [3.05, 3.63) is 29.3 Å². The standard InChI is InChI=1S/C12H18N2O3S.ClH/c13-12-3-2-10-4-6-14(9-11(10)8-12)5-1-7-18(15,16)17;/h2-3,8H,1,4-7,9,13H2,(H,15,16,17);1H. The molecule has 0 fully saturated rings. The average Bonchev–Trinajstić information content (AvgIpc) is 2.26. The Hall–Kier alpha value is -0.820. The Bertz CT molecular complexity index is 534. The van der Waals surface area contributed by atoms with Crippen LogP contribution in [0.2, 0.25) is 0 Å². The summed E-state index contributed by atoms with van der Waals surface area (Å²) in [6, 6.07) is 5.94. The van der Waals surface area contributed by atoms with E-state index in [9.17, 15) is 8.42 Å². The SMILES string of the molecule is Cl.Nc1ccc2c(c1)CN(CCCS(=O)(=O)O)CC2. The molecule has 5 nitrogen and oxygen atoms in total. The van der Waals surface area contributed by atoms with E-state index in [4.69, 9.17) is 10.3 Å². The van der Waals surface area contributed by atoms with Crippen LogP contribution in [0.4, 0.5) is 5.69 Å². The second kappa shape index (κ2) is 6.56. The summed E-state index contributed by atoms with van der Waals surface area (Å²) < 4.78 is 30.0. The van der Waals surface area contributed by atoms with Gasteiger partial charge in [0.1, 0.15) is 0 Å². The van der Waals surface area contributed by atoms with Gasteiger partial charge in [-0.15, -0.1) is 12.4 Å². The normalized spacial score (nSPS) is 15.6. The van der Waals surface area contributed by atoms with Crippen LogP contribution in [0, 0.1) is 0 Å². The molecule has 0 aromatic heterocycles. The Labute approximate surface area is 119 Å². The van der Waals surface area contributed by atoms with E-state index in [1.54, 1.807) is 0 Å². The molecular formula is C12H19ClN2O3S. The molecule has 0 radical (unpaired) electrons. The molecule has 7 heteroatoms. The van der Waals surface area contributed by atoms with Crippen LogP contribution in [0.5, 0.6) is 0 Å². The van der Waals surface area contributed by atoms with Crippen LogP contribution >= 0.6 is 12.4 Å². The van der Waals surface area contributed by atoms with Crippen molar-refractivity contribution in [3.63, 3.8) is 0 Å². The molecular weight excluding hydrogens is 288 g/mol. The molecule has 1 aliphatic rings. The van der Waals surface area contributed by atoms with E-state index in [2.05, 4.69) is 11.0 Å². The molecule has 0 spiro atoms. The second-order valence-corrected chi connectivity index (χ2v) is 6.27. The van der Waals surface area contributed by atoms with Crippen molar-refractivity contribution in [2.24, 2.45) is 0 Å². The van der Waals surface area contributed by atoms with Gasteiger partial charge in [-0.3, -0.25) is 9.45 Å². The van der Waals surface area contributed by atoms with Gasteiger partial charge in [0.05, 0.1) is 5.75 Å². The van der Waals surface area contributed by atoms with Crippen LogP contribution in [0.1, 0.15) is 17.5 Å². The quantitative estimate of drug-likeness (QED) is 0.647. The first-order valence-corrected chi connectivity index (χ1v) is 7.60. The Balaban J connectivity index is 0.00000180. The Kier molecular flexibility index (Phi) is 5.61. The molecule has 1 aromatic carbocycles. The zero-order valence-corrected chi connectivity index (χ0v) is 12.2. The number of rotatable bonds is 4. The zero-order chi connectivity index (χ0) is 13.2. The number of anilines is 1. The van der Waals surface area contributed by atoms with Gasteiger partial charge in [-0.25, -0.2) is 0 Å². The lowest BCUT2D eigenvalue weighted by Crippen LogP contribution is -2.32. The fourth-order valence-corrected chi connectivity index (χ4v) is 2.79. The van der Waals surface area contributed by atoms with Gasteiger partial charge in [-0.1, -0.05) is 6.07 Å². The van der Waals surface area contributed by atoms with Crippen molar-refractivity contribution in [1.29, 1.82) is 0 Å². The fraction of sp³-hybridized carbons (Fsp3) is 0.500. The Morgan fingerprint density at radius 1 is 1.32 bits per heavy atom. The molecule has 0 saturated heterocycles. The van der Waals surface area contributed by atoms with Crippen LogP contribution < -0.4 is 5.73 Å². The van der Waals surface area contributed by atoms with E-state index in [1.165, 1.54) is 11.1 Å². The summed E-state index contributed by atoms with van der Waals surface area (Å²) in [5, 5.41) is 0. The number of nitrogens with two attached hydrogens (primary N) is 1. The van der Waals surface area contributed by atoms with E-state index in [0.29, 0.717) is 13.0 Å². The maximum Gasteiger partial charge on any atom is 0.264 e. The first-order chi connectivity index (χ1) is 8.44. The summed E-state index contributed by atoms with van der Waals surface area (Å²) in [4.78, 5) is 2.19. The number of halogens is 1. The van der Waals surface area contributed by atoms with Crippen molar-refractivity contribution in [2.75, 3.05) is 24.6 Å². The number of nitrogen functional groups attached to an aromatic ring is 1. The van der Waals surface area contributed by atoms with Crippen molar-refractivity contribution >= 4 is 28.2 Å². The molecule has 0 amide bonds. The third kappa shape index (κ3) is 4.99. The molecule has 0 unspecified atom stereocenters. The maximum atomic E-state index is 10.6. The molecule has 3 N–H and O–H groups in total. The molecule has 108 valence electrons. The number of benzene rings is 1. The third-order valence-electron chi connectivity index (χ3n) is 3.20. The van der Waals surface area contributed by atoms with Gasteiger partial charge in [0.2, 0.25) is 0 Å². The van der Waals surface area contributed by atoms with Crippen LogP contribution in [-0.2, 0) is 23.1 Å². The average molecular weight is 307 g/mol. The molecule has 0 bridgehead atoms. The highest BCUT2D eigenvalue weighted by Crippen LogP contribution is 2.21. The molecule has 0 aliphatic carbocycles. The molecule has 1 heterocycles. The summed E-state index contributed by atoms with van der Waals surface area (Å²) in [6.07, 6.45) is 1.41. The van der Waals surface area contributed by atoms with Crippen molar-refractivity contribution < 1.29 is 13.0 Å². The minimum atomic E-state index is -3.84. The van der Waals surface area contributed by atoms with Crippen molar-refractivity contribution in [1.82, 2.24) is 4.90 Å². The number of hydrogen-bond donors (Lipinski definition) is 2. The van der Waals surface area contributed by atoms with Crippen molar-refractivity contribution in [2.45, 2.75) is 19.4 Å². The topological polar surface area (TPSA) is 83.6 Å². The molecule has 2 rings (SSSR count). The number of fused-ring (bicyclic) bond motifs is 1. The molecule has 19 heavy (non-hydrogen) atoms. The maximum absolute atomic E-state index is 10.6. The highest BCUT2D eigenvalue weighted by molar-refractivity contribution is 7.85. The van der Waals surface area contributed by atoms with Crippen LogP contribution in [0.25, 0.3) is 0 Å². The summed E-state index contributed by atoms with van der Waals surface area (Å²) in [7, 11) is -3.84. The zero-order valence-electron chi connectivity index (χ0n) is 10.6. The minimum Gasteiger partial charge on any atom is -0.399 e. The van der Waals surface area contributed by atoms with E-state index >= 15 is 0 Å². The smallest absolute Gasteiger partial charge is 0.264 e. The molecule has 0 saturated carbocycles. The number of hydrogen-bond acceptors (Lipinski definition) is 4. The lowest BCUT2D eigenvalue weighted by Gasteiger charge is -2.28. The fourth-order valence-electron chi connectivity index (χ4n) is 2.30. The van der Waals surface area contributed by atoms with Gasteiger partial charge in [0, 0.05) is 18.8 Å². The predicted octanol–water partition coefficient (Wildman–Crippen LogP) is 1.33. The van der Waals surface area contributed by atoms with E-state index in [1.807, 2.05) is 12.1 Å². The number of nitrogens with zero attached hydrogens (tertiary/aromatic N) is 1. The lowest BCUT2D eigenvalue weighted by molar-refractivity contribution is 0.254. The van der Waals surface area contributed by atoms with Gasteiger partial charge in [0.25, 0.3) is 10.1 Å². The van der Waals surface area contributed by atoms with E-state index in [0.717, 1.165) is 25.2 Å². The molecule has 0 atom stereocenters. The van der Waals surface area contributed by atoms with Gasteiger partial charge < -0.3 is 5.73 Å². The van der Waals surface area contributed by atoms with Gasteiger partial charge in [-0.2, -0.15) is 8.42 Å². The van der Waals surface area contributed by atoms with Crippen LogP contribution in [0.3, 0.4) is 0 Å². The van der Waals surface area contributed by atoms with Gasteiger partial charge >= 0.3 is 0 Å². The lowest BCUT2D eigenvalue weighted by atomic mass is 9.99. The molecule has 1 aromatic rings. The van der Waals surface area contributed by atoms with E-state index < -0.39 is 10.1 Å². The largest absolute Gasteiger partial charge is 0.399 e. The van der Waals surface area contributed by atoms with Crippen LogP contribution in [-0.4, -0.2) is 36.7 Å². The monoisotopic (exact) mass is 306 g/mol. The van der Waals surface area contributed by atoms with Crippen LogP contribution in [0.15, 0.2) is 18.2 Å². The van der Waals surface area contributed by atoms with Gasteiger partial charge in [0.15, 0.2) is 0 Å². The Morgan fingerprint density at radius 3 is 2.74 bits per heavy atom. The summed E-state index contributed by atoms with van der Waals surface area (Å²) in [5.41, 5.74) is 9.04. The summed E-state index contributed by atoms with van der Waals surface area (Å²) in [5.74, 6) is -0.173. The summed E-state index contributed by atoms with van der Waals surface area (Å²) in [6.45, 7) is 2.39. The summed E-state index contributed by atoms with van der Waals surface area (Å²) >= 11 is 0. The molecule has 1 aliphatic heterocycles. The third-order valence-corrected chi connectivity index (χ3v) is 4.00. The first kappa shape index (κ1) is 16.2. The van der Waals surface area contributed by atoms with Gasteiger partial charge in [-0.05, 0) is 42.6 Å². The highest BCUT2D eigenvalue weighted by Gasteiger charge is 2.16. The van der Waals surface area contributed by atoms with E-state index in [-0.39, 0.29) is 18.2 Å². The predicted molar refractivity (Wildman–Crippen MR) is 78.1 cm³/mol.